The monoisotopic (exact) mass is 263 g/mol. The summed E-state index contributed by atoms with van der Waals surface area (Å²) in [6, 6.07) is 5.28. The van der Waals surface area contributed by atoms with Crippen molar-refractivity contribution in [1.29, 1.82) is 0 Å². The van der Waals surface area contributed by atoms with E-state index in [0.29, 0.717) is 25.1 Å². The number of benzene rings is 1. The van der Waals surface area contributed by atoms with Crippen LogP contribution in [0.25, 0.3) is 0 Å². The highest BCUT2D eigenvalue weighted by Gasteiger charge is 2.21. The van der Waals surface area contributed by atoms with Gasteiger partial charge >= 0.3 is 6.03 Å². The summed E-state index contributed by atoms with van der Waals surface area (Å²) in [5, 5.41) is 13.2. The first-order chi connectivity index (χ1) is 9.06. The lowest BCUT2D eigenvalue weighted by molar-refractivity contribution is -0.384. The van der Waals surface area contributed by atoms with Crippen LogP contribution in [0.4, 0.5) is 16.2 Å². The van der Waals surface area contributed by atoms with Crippen LogP contribution in [0.2, 0.25) is 0 Å². The van der Waals surface area contributed by atoms with Crippen molar-refractivity contribution < 1.29 is 14.5 Å². The number of nitrogens with one attached hydrogen (secondary N) is 1. The second kappa shape index (κ2) is 5.47. The summed E-state index contributed by atoms with van der Waals surface area (Å²) in [7, 11) is 0. The summed E-state index contributed by atoms with van der Waals surface area (Å²) in [4.78, 5) is 34.7. The van der Waals surface area contributed by atoms with Gasteiger partial charge in [-0.05, 0) is 12.5 Å². The predicted molar refractivity (Wildman–Crippen MR) is 67.9 cm³/mol. The number of nitro groups is 1. The molecular formula is C12H13N3O4. The summed E-state index contributed by atoms with van der Waals surface area (Å²) in [5.41, 5.74) is 0.254. The van der Waals surface area contributed by atoms with Crippen molar-refractivity contribution in [2.24, 2.45) is 0 Å². The highest BCUT2D eigenvalue weighted by molar-refractivity contribution is 5.93. The molecular weight excluding hydrogens is 250 g/mol. The molecule has 1 aromatic rings. The fourth-order valence-corrected chi connectivity index (χ4v) is 1.91. The van der Waals surface area contributed by atoms with Crippen molar-refractivity contribution in [2.75, 3.05) is 18.4 Å². The molecule has 0 bridgehead atoms. The molecule has 1 heterocycles. The van der Waals surface area contributed by atoms with E-state index in [1.54, 1.807) is 6.07 Å². The van der Waals surface area contributed by atoms with E-state index in [1.165, 1.54) is 23.1 Å². The van der Waals surface area contributed by atoms with Crippen LogP contribution in [0.5, 0.6) is 0 Å². The number of piperidine rings is 1. The number of carbonyl (C=O) groups is 2. The molecule has 0 atom stereocenters. The quantitative estimate of drug-likeness (QED) is 0.650. The number of likely N-dealkylation sites (tertiary alicyclic amines) is 1. The molecule has 7 heteroatoms. The van der Waals surface area contributed by atoms with Crippen molar-refractivity contribution in [2.45, 2.75) is 12.8 Å². The number of non-ortho nitro benzene ring substituents is 1. The first-order valence-corrected chi connectivity index (χ1v) is 5.88. The minimum Gasteiger partial charge on any atom is -0.317 e. The number of nitro benzene ring substituents is 1. The Morgan fingerprint density at radius 1 is 1.42 bits per heavy atom. The van der Waals surface area contributed by atoms with Crippen molar-refractivity contribution in [1.82, 2.24) is 4.90 Å². The average molecular weight is 263 g/mol. The molecule has 0 saturated carbocycles. The maximum Gasteiger partial charge on any atom is 0.322 e. The molecule has 19 heavy (non-hydrogen) atoms. The van der Waals surface area contributed by atoms with Crippen molar-refractivity contribution in [3.8, 4) is 0 Å². The van der Waals surface area contributed by atoms with Gasteiger partial charge in [0.15, 0.2) is 5.78 Å². The zero-order valence-electron chi connectivity index (χ0n) is 10.2. The van der Waals surface area contributed by atoms with Gasteiger partial charge in [0, 0.05) is 30.8 Å². The number of anilines is 1. The molecule has 100 valence electrons. The minimum atomic E-state index is -0.528. The van der Waals surface area contributed by atoms with Crippen LogP contribution in [0.1, 0.15) is 12.8 Å². The number of rotatable bonds is 2. The Kier molecular flexibility index (Phi) is 3.74. The zero-order valence-corrected chi connectivity index (χ0v) is 10.2. The molecule has 7 nitrogen and oxygen atoms in total. The molecule has 2 rings (SSSR count). The standard InChI is InChI=1S/C12H13N3O4/c16-11-5-2-6-14(8-11)12(17)13-9-3-1-4-10(7-9)15(18)19/h1,3-4,7H,2,5-6,8H2,(H,13,17). The summed E-state index contributed by atoms with van der Waals surface area (Å²) < 4.78 is 0. The van der Waals surface area contributed by atoms with Gasteiger partial charge in [-0.25, -0.2) is 4.79 Å². The van der Waals surface area contributed by atoms with Crippen molar-refractivity contribution in [3.63, 3.8) is 0 Å². The van der Waals surface area contributed by atoms with Crippen LogP contribution in [0.3, 0.4) is 0 Å². The van der Waals surface area contributed by atoms with Crippen LogP contribution in [-0.2, 0) is 4.79 Å². The van der Waals surface area contributed by atoms with E-state index in [9.17, 15) is 19.7 Å². The number of urea groups is 1. The molecule has 1 aromatic carbocycles. The first kappa shape index (κ1) is 13.0. The third kappa shape index (κ3) is 3.27. The predicted octanol–water partition coefficient (Wildman–Crippen LogP) is 1.79. The summed E-state index contributed by atoms with van der Waals surface area (Å²) in [5.74, 6) is 0.0282. The van der Waals surface area contributed by atoms with Crippen LogP contribution in [0.15, 0.2) is 24.3 Å². The Hall–Kier alpha value is -2.44. The fraction of sp³-hybridized carbons (Fsp3) is 0.333. The summed E-state index contributed by atoms with van der Waals surface area (Å²) in [6.45, 7) is 0.618. The highest BCUT2D eigenvalue weighted by Crippen LogP contribution is 2.18. The number of Topliss-reactive ketones (excluding diaryl/α,β-unsaturated/α-hetero) is 1. The van der Waals surface area contributed by atoms with E-state index in [4.69, 9.17) is 0 Å². The van der Waals surface area contributed by atoms with Crippen molar-refractivity contribution in [3.05, 3.63) is 34.4 Å². The maximum absolute atomic E-state index is 11.9. The van der Waals surface area contributed by atoms with Gasteiger partial charge in [0.05, 0.1) is 11.5 Å². The largest absolute Gasteiger partial charge is 0.322 e. The van der Waals surface area contributed by atoms with E-state index in [-0.39, 0.29) is 18.0 Å². The number of ketones is 1. The number of carbonyl (C=O) groups excluding carboxylic acids is 2. The van der Waals surface area contributed by atoms with Gasteiger partial charge in [-0.3, -0.25) is 14.9 Å². The van der Waals surface area contributed by atoms with Crippen LogP contribution < -0.4 is 5.32 Å². The van der Waals surface area contributed by atoms with Crippen LogP contribution in [-0.4, -0.2) is 34.7 Å². The lowest BCUT2D eigenvalue weighted by Crippen LogP contribution is -2.42. The molecule has 0 aromatic heterocycles. The summed E-state index contributed by atoms with van der Waals surface area (Å²) >= 11 is 0. The first-order valence-electron chi connectivity index (χ1n) is 5.88. The molecule has 1 aliphatic rings. The molecule has 0 unspecified atom stereocenters. The SMILES string of the molecule is O=C1CCCN(C(=O)Nc2cccc([N+](=O)[O-])c2)C1. The summed E-state index contributed by atoms with van der Waals surface area (Å²) in [6.07, 6.45) is 1.15. The smallest absolute Gasteiger partial charge is 0.317 e. The van der Waals surface area contributed by atoms with Crippen molar-refractivity contribution >= 4 is 23.2 Å². The number of nitrogens with zero attached hydrogens (tertiary/aromatic N) is 2. The molecule has 1 fully saturated rings. The van der Waals surface area contributed by atoms with Gasteiger partial charge in [0.25, 0.3) is 5.69 Å². The normalized spacial score (nSPS) is 15.2. The number of hydrogen-bond donors (Lipinski definition) is 1. The topological polar surface area (TPSA) is 92.6 Å². The Balaban J connectivity index is 2.04. The average Bonchev–Trinajstić information content (AvgIpc) is 2.39. The molecule has 1 N–H and O–H groups in total. The number of hydrogen-bond acceptors (Lipinski definition) is 4. The van der Waals surface area contributed by atoms with E-state index in [2.05, 4.69) is 5.32 Å². The Morgan fingerprint density at radius 3 is 2.89 bits per heavy atom. The highest BCUT2D eigenvalue weighted by atomic mass is 16.6. The van der Waals surface area contributed by atoms with Crippen LogP contribution in [0, 0.1) is 10.1 Å². The van der Waals surface area contributed by atoms with Gasteiger partial charge < -0.3 is 10.2 Å². The Bertz CT molecular complexity index is 529. The Labute approximate surface area is 109 Å². The zero-order chi connectivity index (χ0) is 13.8. The molecule has 1 aliphatic heterocycles. The molecule has 0 radical (unpaired) electrons. The second-order valence-electron chi connectivity index (χ2n) is 4.30. The molecule has 0 aliphatic carbocycles. The van der Waals surface area contributed by atoms with E-state index < -0.39 is 11.0 Å². The molecule has 0 spiro atoms. The molecule has 1 saturated heterocycles. The number of amides is 2. The third-order valence-electron chi connectivity index (χ3n) is 2.85. The fourth-order valence-electron chi connectivity index (χ4n) is 1.91. The van der Waals surface area contributed by atoms with Crippen LogP contribution >= 0.6 is 0 Å². The van der Waals surface area contributed by atoms with Gasteiger partial charge in [-0.1, -0.05) is 6.07 Å². The van der Waals surface area contributed by atoms with E-state index in [1.807, 2.05) is 0 Å². The second-order valence-corrected chi connectivity index (χ2v) is 4.30. The lowest BCUT2D eigenvalue weighted by Gasteiger charge is -2.25. The van der Waals surface area contributed by atoms with Gasteiger partial charge in [-0.15, -0.1) is 0 Å². The molecule has 2 amide bonds. The van der Waals surface area contributed by atoms with Gasteiger partial charge in [0.2, 0.25) is 0 Å². The third-order valence-corrected chi connectivity index (χ3v) is 2.85. The Morgan fingerprint density at radius 2 is 2.21 bits per heavy atom. The minimum absolute atomic E-state index is 0.0282. The lowest BCUT2D eigenvalue weighted by atomic mass is 10.1. The van der Waals surface area contributed by atoms with Gasteiger partial charge in [0.1, 0.15) is 0 Å². The maximum atomic E-state index is 11.9. The van der Waals surface area contributed by atoms with Gasteiger partial charge in [-0.2, -0.15) is 0 Å². The van der Waals surface area contributed by atoms with E-state index in [0.717, 1.165) is 0 Å². The van der Waals surface area contributed by atoms with E-state index >= 15 is 0 Å².